The first-order chi connectivity index (χ1) is 10.9. The Kier molecular flexibility index (Phi) is 5.21. The van der Waals surface area contributed by atoms with Crippen molar-refractivity contribution in [3.05, 3.63) is 53.0 Å². The van der Waals surface area contributed by atoms with Crippen molar-refractivity contribution in [3.8, 4) is 0 Å². The lowest BCUT2D eigenvalue weighted by molar-refractivity contribution is 0.0940. The lowest BCUT2D eigenvalue weighted by Gasteiger charge is -2.12. The number of rotatable bonds is 5. The molecule has 2 aromatic rings. The summed E-state index contributed by atoms with van der Waals surface area (Å²) >= 11 is 0. The fourth-order valence-electron chi connectivity index (χ4n) is 2.17. The molecule has 2 amide bonds. The largest absolute Gasteiger partial charge is 0.456 e. The van der Waals surface area contributed by atoms with Crippen LogP contribution in [0.2, 0.25) is 0 Å². The van der Waals surface area contributed by atoms with Crippen LogP contribution in [-0.2, 0) is 6.42 Å². The Labute approximate surface area is 136 Å². The van der Waals surface area contributed by atoms with Crippen LogP contribution in [0, 0.1) is 6.92 Å². The molecule has 0 atom stereocenters. The SMILES string of the molecule is CCc1ccc(C(=O)Nc2ccc(C)c(C(=O)NC(C)C)c2)o1. The van der Waals surface area contributed by atoms with Crippen LogP contribution in [0.4, 0.5) is 5.69 Å². The lowest BCUT2D eigenvalue weighted by Crippen LogP contribution is -2.30. The van der Waals surface area contributed by atoms with E-state index in [-0.39, 0.29) is 23.6 Å². The van der Waals surface area contributed by atoms with Crippen molar-refractivity contribution in [1.29, 1.82) is 0 Å². The van der Waals surface area contributed by atoms with Gasteiger partial charge in [-0.25, -0.2) is 0 Å². The number of aryl methyl sites for hydroxylation is 2. The first kappa shape index (κ1) is 16.8. The molecule has 5 nitrogen and oxygen atoms in total. The zero-order chi connectivity index (χ0) is 17.0. The summed E-state index contributed by atoms with van der Waals surface area (Å²) in [6, 6.07) is 8.73. The molecule has 2 N–H and O–H groups in total. The van der Waals surface area contributed by atoms with E-state index in [1.54, 1.807) is 24.3 Å². The molecule has 0 saturated carbocycles. The molecule has 0 radical (unpaired) electrons. The molecular weight excluding hydrogens is 292 g/mol. The summed E-state index contributed by atoms with van der Waals surface area (Å²) in [5.74, 6) is 0.537. The third-order valence-corrected chi connectivity index (χ3v) is 3.39. The third-order valence-electron chi connectivity index (χ3n) is 3.39. The van der Waals surface area contributed by atoms with E-state index in [1.807, 2.05) is 33.8 Å². The second-order valence-electron chi connectivity index (χ2n) is 5.73. The lowest BCUT2D eigenvalue weighted by atomic mass is 10.1. The number of carbonyl (C=O) groups is 2. The zero-order valence-electron chi connectivity index (χ0n) is 13.9. The third kappa shape index (κ3) is 4.22. The van der Waals surface area contributed by atoms with Gasteiger partial charge >= 0.3 is 0 Å². The minimum Gasteiger partial charge on any atom is -0.456 e. The Morgan fingerprint density at radius 3 is 2.48 bits per heavy atom. The molecule has 0 aliphatic carbocycles. The van der Waals surface area contributed by atoms with Crippen molar-refractivity contribution in [2.24, 2.45) is 0 Å². The molecule has 1 aromatic carbocycles. The van der Waals surface area contributed by atoms with Crippen LogP contribution in [0.3, 0.4) is 0 Å². The highest BCUT2D eigenvalue weighted by atomic mass is 16.3. The van der Waals surface area contributed by atoms with Crippen LogP contribution in [-0.4, -0.2) is 17.9 Å². The van der Waals surface area contributed by atoms with Gasteiger partial charge in [-0.2, -0.15) is 0 Å². The van der Waals surface area contributed by atoms with Crippen molar-refractivity contribution >= 4 is 17.5 Å². The van der Waals surface area contributed by atoms with Gasteiger partial charge in [0, 0.05) is 23.7 Å². The molecule has 0 fully saturated rings. The molecule has 0 aliphatic rings. The van der Waals surface area contributed by atoms with Gasteiger partial charge < -0.3 is 15.1 Å². The summed E-state index contributed by atoms with van der Waals surface area (Å²) < 4.78 is 5.43. The van der Waals surface area contributed by atoms with Gasteiger partial charge in [-0.05, 0) is 50.6 Å². The van der Waals surface area contributed by atoms with Gasteiger partial charge in [0.25, 0.3) is 11.8 Å². The average molecular weight is 314 g/mol. The van der Waals surface area contributed by atoms with Crippen molar-refractivity contribution in [1.82, 2.24) is 5.32 Å². The van der Waals surface area contributed by atoms with Crippen LogP contribution in [0.1, 0.15) is 53.0 Å². The van der Waals surface area contributed by atoms with Crippen LogP contribution in [0.5, 0.6) is 0 Å². The highest BCUT2D eigenvalue weighted by Crippen LogP contribution is 2.17. The number of anilines is 1. The Morgan fingerprint density at radius 1 is 1.13 bits per heavy atom. The van der Waals surface area contributed by atoms with E-state index in [2.05, 4.69) is 10.6 Å². The second kappa shape index (κ2) is 7.13. The number of carbonyl (C=O) groups excluding carboxylic acids is 2. The molecule has 0 unspecified atom stereocenters. The number of furan rings is 1. The monoisotopic (exact) mass is 314 g/mol. The Balaban J connectivity index is 2.17. The molecule has 2 rings (SSSR count). The van der Waals surface area contributed by atoms with E-state index in [1.165, 1.54) is 0 Å². The normalized spacial score (nSPS) is 10.7. The second-order valence-corrected chi connectivity index (χ2v) is 5.73. The molecular formula is C18H22N2O3. The van der Waals surface area contributed by atoms with Crippen molar-refractivity contribution in [3.63, 3.8) is 0 Å². The van der Waals surface area contributed by atoms with Crippen molar-refractivity contribution in [2.75, 3.05) is 5.32 Å². The van der Waals surface area contributed by atoms with E-state index in [0.29, 0.717) is 11.3 Å². The fraction of sp³-hybridized carbons (Fsp3) is 0.333. The summed E-state index contributed by atoms with van der Waals surface area (Å²) in [7, 11) is 0. The predicted molar refractivity (Wildman–Crippen MR) is 89.8 cm³/mol. The average Bonchev–Trinajstić information content (AvgIpc) is 2.97. The molecule has 5 heteroatoms. The molecule has 23 heavy (non-hydrogen) atoms. The van der Waals surface area contributed by atoms with Gasteiger partial charge in [0.1, 0.15) is 5.76 Å². The molecule has 0 saturated heterocycles. The molecule has 1 heterocycles. The van der Waals surface area contributed by atoms with Gasteiger partial charge in [-0.1, -0.05) is 13.0 Å². The maximum absolute atomic E-state index is 12.2. The highest BCUT2D eigenvalue weighted by Gasteiger charge is 2.14. The maximum atomic E-state index is 12.2. The molecule has 0 aliphatic heterocycles. The van der Waals surface area contributed by atoms with Crippen LogP contribution in [0.25, 0.3) is 0 Å². The van der Waals surface area contributed by atoms with Crippen LogP contribution < -0.4 is 10.6 Å². The van der Waals surface area contributed by atoms with Crippen LogP contribution in [0.15, 0.2) is 34.7 Å². The molecule has 122 valence electrons. The topological polar surface area (TPSA) is 71.3 Å². The van der Waals surface area contributed by atoms with Gasteiger partial charge in [-0.15, -0.1) is 0 Å². The standard InChI is InChI=1S/C18H22N2O3/c1-5-14-8-9-16(23-14)18(22)20-13-7-6-12(4)15(10-13)17(21)19-11(2)3/h6-11H,5H2,1-4H3,(H,19,21)(H,20,22). The maximum Gasteiger partial charge on any atom is 0.291 e. The van der Waals surface area contributed by atoms with Gasteiger partial charge in [0.05, 0.1) is 0 Å². The quantitative estimate of drug-likeness (QED) is 0.886. The number of hydrogen-bond donors (Lipinski definition) is 2. The minimum atomic E-state index is -0.330. The van der Waals surface area contributed by atoms with Crippen molar-refractivity contribution < 1.29 is 14.0 Å². The highest BCUT2D eigenvalue weighted by molar-refractivity contribution is 6.03. The van der Waals surface area contributed by atoms with Gasteiger partial charge in [-0.3, -0.25) is 9.59 Å². The predicted octanol–water partition coefficient (Wildman–Crippen LogP) is 3.54. The van der Waals surface area contributed by atoms with E-state index in [9.17, 15) is 9.59 Å². The fourth-order valence-corrected chi connectivity index (χ4v) is 2.17. The van der Waals surface area contributed by atoms with E-state index in [0.717, 1.165) is 17.7 Å². The Bertz CT molecular complexity index is 717. The summed E-state index contributed by atoms with van der Waals surface area (Å²) in [4.78, 5) is 24.4. The first-order valence-corrected chi connectivity index (χ1v) is 7.72. The molecule has 0 spiro atoms. The molecule has 1 aromatic heterocycles. The van der Waals surface area contributed by atoms with Gasteiger partial charge in [0.2, 0.25) is 0 Å². The van der Waals surface area contributed by atoms with E-state index < -0.39 is 0 Å². The molecule has 0 bridgehead atoms. The Morgan fingerprint density at radius 2 is 1.87 bits per heavy atom. The number of benzene rings is 1. The summed E-state index contributed by atoms with van der Waals surface area (Å²) in [5, 5.41) is 5.61. The number of hydrogen-bond acceptors (Lipinski definition) is 3. The van der Waals surface area contributed by atoms with Crippen LogP contribution >= 0.6 is 0 Å². The van der Waals surface area contributed by atoms with Crippen molar-refractivity contribution in [2.45, 2.75) is 40.2 Å². The number of amides is 2. The Hall–Kier alpha value is -2.56. The summed E-state index contributed by atoms with van der Waals surface area (Å²) in [6.07, 6.45) is 0.733. The minimum absolute atomic E-state index is 0.0516. The first-order valence-electron chi connectivity index (χ1n) is 7.72. The number of nitrogens with one attached hydrogen (secondary N) is 2. The van der Waals surface area contributed by atoms with Gasteiger partial charge in [0.15, 0.2) is 5.76 Å². The van der Waals surface area contributed by atoms with E-state index in [4.69, 9.17) is 4.42 Å². The smallest absolute Gasteiger partial charge is 0.291 e. The summed E-state index contributed by atoms with van der Waals surface area (Å²) in [5.41, 5.74) is 1.96. The van der Waals surface area contributed by atoms with E-state index >= 15 is 0 Å². The summed E-state index contributed by atoms with van der Waals surface area (Å²) in [6.45, 7) is 7.63. The zero-order valence-corrected chi connectivity index (χ0v) is 13.9.